The van der Waals surface area contributed by atoms with Gasteiger partial charge in [-0.05, 0) is 13.0 Å². The number of rotatable bonds is 5. The van der Waals surface area contributed by atoms with Gasteiger partial charge in [0.2, 0.25) is 5.95 Å². The number of aliphatic hydroxyl groups is 1. The summed E-state index contributed by atoms with van der Waals surface area (Å²) in [5.74, 6) is 0.401. The van der Waals surface area contributed by atoms with Crippen molar-refractivity contribution in [1.29, 1.82) is 5.41 Å². The molecule has 0 spiro atoms. The van der Waals surface area contributed by atoms with E-state index in [1.165, 1.54) is 0 Å². The Labute approximate surface area is 88.3 Å². The second-order valence-corrected chi connectivity index (χ2v) is 2.96. The zero-order valence-corrected chi connectivity index (χ0v) is 8.64. The van der Waals surface area contributed by atoms with E-state index in [2.05, 4.69) is 9.97 Å². The molecule has 0 aliphatic heterocycles. The summed E-state index contributed by atoms with van der Waals surface area (Å²) in [4.78, 5) is 9.99. The van der Waals surface area contributed by atoms with Crippen molar-refractivity contribution in [3.63, 3.8) is 0 Å². The second-order valence-electron chi connectivity index (χ2n) is 2.96. The normalized spacial score (nSPS) is 10.0. The third-order valence-electron chi connectivity index (χ3n) is 1.95. The van der Waals surface area contributed by atoms with Crippen molar-refractivity contribution in [3.8, 4) is 0 Å². The van der Waals surface area contributed by atoms with E-state index in [0.29, 0.717) is 24.7 Å². The predicted molar refractivity (Wildman–Crippen MR) is 58.0 cm³/mol. The molecule has 0 saturated heterocycles. The van der Waals surface area contributed by atoms with Gasteiger partial charge in [0, 0.05) is 19.3 Å². The van der Waals surface area contributed by atoms with Crippen molar-refractivity contribution in [2.75, 3.05) is 24.6 Å². The maximum absolute atomic E-state index is 8.84. The minimum absolute atomic E-state index is 0.0432. The Kier molecular flexibility index (Phi) is 3.99. The number of aromatic nitrogens is 2. The van der Waals surface area contributed by atoms with Crippen LogP contribution >= 0.6 is 0 Å². The van der Waals surface area contributed by atoms with Gasteiger partial charge in [-0.3, -0.25) is 5.41 Å². The minimum atomic E-state index is -0.0845. The zero-order chi connectivity index (χ0) is 11.3. The van der Waals surface area contributed by atoms with Gasteiger partial charge < -0.3 is 15.7 Å². The molecule has 0 radical (unpaired) electrons. The van der Waals surface area contributed by atoms with Crippen LogP contribution in [0.3, 0.4) is 0 Å². The van der Waals surface area contributed by atoms with Gasteiger partial charge in [-0.15, -0.1) is 0 Å². The van der Waals surface area contributed by atoms with Gasteiger partial charge in [0.05, 0.1) is 6.61 Å². The molecule has 0 aromatic carbocycles. The number of nitrogen functional groups attached to an aromatic ring is 1. The lowest BCUT2D eigenvalue weighted by Gasteiger charge is -2.19. The largest absolute Gasteiger partial charge is 0.395 e. The third kappa shape index (κ3) is 2.88. The number of hydrogen-bond acceptors (Lipinski definition) is 5. The molecule has 15 heavy (non-hydrogen) atoms. The van der Waals surface area contributed by atoms with Crippen LogP contribution in [-0.4, -0.2) is 40.6 Å². The number of likely N-dealkylation sites (N-methyl/N-ethyl adjacent to an activating group) is 1. The topological polar surface area (TPSA) is 99.1 Å². The fourth-order valence-electron chi connectivity index (χ4n) is 1.17. The highest BCUT2D eigenvalue weighted by molar-refractivity contribution is 5.93. The van der Waals surface area contributed by atoms with Crippen LogP contribution in [0, 0.1) is 5.41 Å². The van der Waals surface area contributed by atoms with E-state index in [1.54, 1.807) is 12.3 Å². The van der Waals surface area contributed by atoms with Gasteiger partial charge in [0.25, 0.3) is 0 Å². The first-order valence-corrected chi connectivity index (χ1v) is 4.72. The van der Waals surface area contributed by atoms with Crippen molar-refractivity contribution < 1.29 is 5.11 Å². The molecule has 1 heterocycles. The van der Waals surface area contributed by atoms with Gasteiger partial charge in [-0.1, -0.05) is 0 Å². The fraction of sp³-hybridized carbons (Fsp3) is 0.444. The SMILES string of the molecule is CCN(CCO)c1nccc(C(=N)N)n1. The summed E-state index contributed by atoms with van der Waals surface area (Å²) in [6.45, 7) is 3.15. The molecule has 0 bridgehead atoms. The van der Waals surface area contributed by atoms with Gasteiger partial charge in [0.15, 0.2) is 0 Å². The first-order chi connectivity index (χ1) is 7.19. The number of anilines is 1. The van der Waals surface area contributed by atoms with Crippen LogP contribution in [-0.2, 0) is 0 Å². The van der Waals surface area contributed by atoms with Crippen molar-refractivity contribution >= 4 is 11.8 Å². The Hall–Kier alpha value is -1.69. The van der Waals surface area contributed by atoms with Crippen LogP contribution in [0.4, 0.5) is 5.95 Å². The summed E-state index contributed by atoms with van der Waals surface area (Å²) in [6, 6.07) is 1.58. The molecule has 6 nitrogen and oxygen atoms in total. The first-order valence-electron chi connectivity index (χ1n) is 4.72. The highest BCUT2D eigenvalue weighted by Crippen LogP contribution is 2.06. The molecule has 1 aromatic heterocycles. The lowest BCUT2D eigenvalue weighted by atomic mass is 10.4. The number of nitrogens with zero attached hydrogens (tertiary/aromatic N) is 3. The van der Waals surface area contributed by atoms with E-state index in [0.717, 1.165) is 0 Å². The van der Waals surface area contributed by atoms with Crippen molar-refractivity contribution in [2.45, 2.75) is 6.92 Å². The maximum atomic E-state index is 8.84. The molecule has 6 heteroatoms. The van der Waals surface area contributed by atoms with Gasteiger partial charge in [-0.25, -0.2) is 9.97 Å². The molecule has 1 rings (SSSR count). The molecular formula is C9H15N5O. The zero-order valence-electron chi connectivity index (χ0n) is 8.64. The van der Waals surface area contributed by atoms with Crippen LogP contribution in [0.1, 0.15) is 12.6 Å². The quantitative estimate of drug-likeness (QED) is 0.452. The molecular weight excluding hydrogens is 194 g/mol. The predicted octanol–water partition coefficient (Wildman–Crippen LogP) is -0.421. The van der Waals surface area contributed by atoms with E-state index in [9.17, 15) is 0 Å². The van der Waals surface area contributed by atoms with E-state index in [-0.39, 0.29) is 12.4 Å². The smallest absolute Gasteiger partial charge is 0.226 e. The van der Waals surface area contributed by atoms with E-state index < -0.39 is 0 Å². The van der Waals surface area contributed by atoms with Gasteiger partial charge in [-0.2, -0.15) is 0 Å². The Bertz CT molecular complexity index is 341. The summed E-state index contributed by atoms with van der Waals surface area (Å²) >= 11 is 0. The Morgan fingerprint density at radius 3 is 2.93 bits per heavy atom. The molecule has 0 fully saturated rings. The van der Waals surface area contributed by atoms with Crippen LogP contribution in [0.5, 0.6) is 0 Å². The molecule has 1 aromatic rings. The van der Waals surface area contributed by atoms with Crippen LogP contribution < -0.4 is 10.6 Å². The van der Waals surface area contributed by atoms with Crippen LogP contribution in [0.2, 0.25) is 0 Å². The summed E-state index contributed by atoms with van der Waals surface area (Å²) in [5.41, 5.74) is 5.72. The Balaban J connectivity index is 2.92. The van der Waals surface area contributed by atoms with E-state index in [4.69, 9.17) is 16.2 Å². The molecule has 0 atom stereocenters. The average molecular weight is 209 g/mol. The Morgan fingerprint density at radius 2 is 2.40 bits per heavy atom. The molecule has 0 unspecified atom stereocenters. The highest BCUT2D eigenvalue weighted by atomic mass is 16.3. The van der Waals surface area contributed by atoms with Gasteiger partial charge >= 0.3 is 0 Å². The molecule has 0 aliphatic rings. The second kappa shape index (κ2) is 5.26. The number of aliphatic hydroxyl groups excluding tert-OH is 1. The van der Waals surface area contributed by atoms with Gasteiger partial charge in [0.1, 0.15) is 11.5 Å². The number of nitrogens with one attached hydrogen (secondary N) is 1. The monoisotopic (exact) mass is 209 g/mol. The standard InChI is InChI=1S/C9H15N5O/c1-2-14(5-6-15)9-12-4-3-7(13-9)8(10)11/h3-4,15H,2,5-6H2,1H3,(H3,10,11). The molecule has 0 amide bonds. The molecule has 82 valence electrons. The summed E-state index contributed by atoms with van der Waals surface area (Å²) in [7, 11) is 0. The molecule has 4 N–H and O–H groups in total. The van der Waals surface area contributed by atoms with E-state index in [1.807, 2.05) is 11.8 Å². The number of amidine groups is 1. The fourth-order valence-corrected chi connectivity index (χ4v) is 1.17. The summed E-state index contributed by atoms with van der Waals surface area (Å²) < 4.78 is 0. The number of hydrogen-bond donors (Lipinski definition) is 3. The van der Waals surface area contributed by atoms with Crippen LogP contribution in [0.25, 0.3) is 0 Å². The Morgan fingerprint density at radius 1 is 1.67 bits per heavy atom. The molecule has 0 aliphatic carbocycles. The first kappa shape index (κ1) is 11.4. The van der Waals surface area contributed by atoms with Crippen LogP contribution in [0.15, 0.2) is 12.3 Å². The van der Waals surface area contributed by atoms with Crippen molar-refractivity contribution in [2.24, 2.45) is 5.73 Å². The summed E-state index contributed by atoms with van der Waals surface area (Å²) in [5, 5.41) is 16.1. The third-order valence-corrected chi connectivity index (χ3v) is 1.95. The average Bonchev–Trinajstić information content (AvgIpc) is 2.26. The molecule has 0 saturated carbocycles. The van der Waals surface area contributed by atoms with Crippen molar-refractivity contribution in [1.82, 2.24) is 9.97 Å². The lowest BCUT2D eigenvalue weighted by molar-refractivity contribution is 0.301. The highest BCUT2D eigenvalue weighted by Gasteiger charge is 2.08. The lowest BCUT2D eigenvalue weighted by Crippen LogP contribution is -2.29. The van der Waals surface area contributed by atoms with Crippen molar-refractivity contribution in [3.05, 3.63) is 18.0 Å². The van der Waals surface area contributed by atoms with E-state index >= 15 is 0 Å². The maximum Gasteiger partial charge on any atom is 0.226 e. The number of nitrogens with two attached hydrogens (primary N) is 1. The summed E-state index contributed by atoms with van der Waals surface area (Å²) in [6.07, 6.45) is 1.55. The minimum Gasteiger partial charge on any atom is -0.395 e.